The molecule has 0 aromatic heterocycles. The van der Waals surface area contributed by atoms with Gasteiger partial charge in [-0.25, -0.2) is 0 Å². The van der Waals surface area contributed by atoms with E-state index in [1.807, 2.05) is 0 Å². The molecule has 0 bridgehead atoms. The van der Waals surface area contributed by atoms with Crippen LogP contribution in [-0.4, -0.2) is 13.1 Å². The zero-order chi connectivity index (χ0) is 10.8. The van der Waals surface area contributed by atoms with E-state index >= 15 is 0 Å². The van der Waals surface area contributed by atoms with Crippen LogP contribution in [0.2, 0.25) is 0 Å². The van der Waals surface area contributed by atoms with E-state index in [0.29, 0.717) is 12.1 Å². The zero-order valence-electron chi connectivity index (χ0n) is 9.71. The summed E-state index contributed by atoms with van der Waals surface area (Å²) in [4.78, 5) is 0. The Balaban J connectivity index is 1.73. The molecule has 3 rings (SSSR count). The predicted molar refractivity (Wildman–Crippen MR) is 66.4 cm³/mol. The molecule has 2 heterocycles. The molecule has 2 fully saturated rings. The maximum atomic E-state index is 3.55. The highest BCUT2D eigenvalue weighted by molar-refractivity contribution is 5.28. The van der Waals surface area contributed by atoms with Crippen molar-refractivity contribution < 1.29 is 0 Å². The van der Waals surface area contributed by atoms with Crippen LogP contribution in [0.5, 0.6) is 0 Å². The van der Waals surface area contributed by atoms with Gasteiger partial charge in [0.2, 0.25) is 0 Å². The minimum atomic E-state index is 0.602. The third kappa shape index (κ3) is 2.00. The van der Waals surface area contributed by atoms with Gasteiger partial charge in [0.05, 0.1) is 0 Å². The summed E-state index contributed by atoms with van der Waals surface area (Å²) in [6.45, 7) is 2.35. The molecule has 2 aliphatic rings. The third-order valence-corrected chi connectivity index (χ3v) is 3.86. The Kier molecular flexibility index (Phi) is 2.94. The summed E-state index contributed by atoms with van der Waals surface area (Å²) >= 11 is 0. The Bertz CT molecular complexity index is 297. The maximum Gasteiger partial charge on any atom is 0.0320 e. The number of hydrogen-bond acceptors (Lipinski definition) is 2. The van der Waals surface area contributed by atoms with Crippen molar-refractivity contribution in [2.24, 2.45) is 0 Å². The molecular formula is C14H20N2. The molecule has 16 heavy (non-hydrogen) atoms. The van der Waals surface area contributed by atoms with E-state index in [0.717, 1.165) is 0 Å². The summed E-state index contributed by atoms with van der Waals surface area (Å²) in [6, 6.07) is 10.4. The van der Waals surface area contributed by atoms with Crippen LogP contribution >= 0.6 is 0 Å². The van der Waals surface area contributed by atoms with Crippen LogP contribution in [0.4, 0.5) is 0 Å². The van der Waals surface area contributed by atoms with Crippen molar-refractivity contribution in [2.45, 2.75) is 37.8 Å². The molecule has 2 aliphatic heterocycles. The molecule has 1 aromatic rings. The summed E-state index contributed by atoms with van der Waals surface area (Å²) in [5, 5.41) is 7.09. The van der Waals surface area contributed by atoms with Crippen molar-refractivity contribution in [3.05, 3.63) is 35.4 Å². The highest BCUT2D eigenvalue weighted by Gasteiger charge is 2.18. The van der Waals surface area contributed by atoms with Crippen molar-refractivity contribution >= 4 is 0 Å². The second-order valence-corrected chi connectivity index (χ2v) is 4.96. The molecule has 0 aliphatic carbocycles. The molecule has 2 N–H and O–H groups in total. The number of rotatable bonds is 2. The van der Waals surface area contributed by atoms with Gasteiger partial charge in [-0.3, -0.25) is 0 Å². The highest BCUT2D eigenvalue weighted by atomic mass is 14.9. The van der Waals surface area contributed by atoms with Crippen LogP contribution in [0.15, 0.2) is 24.3 Å². The van der Waals surface area contributed by atoms with Gasteiger partial charge in [0.15, 0.2) is 0 Å². The topological polar surface area (TPSA) is 24.1 Å². The van der Waals surface area contributed by atoms with Crippen molar-refractivity contribution in [1.82, 2.24) is 10.6 Å². The van der Waals surface area contributed by atoms with Crippen LogP contribution in [0.25, 0.3) is 0 Å². The Morgan fingerprint density at radius 3 is 1.50 bits per heavy atom. The summed E-state index contributed by atoms with van der Waals surface area (Å²) in [6.07, 6.45) is 5.22. The molecule has 2 nitrogen and oxygen atoms in total. The van der Waals surface area contributed by atoms with E-state index in [-0.39, 0.29) is 0 Å². The lowest BCUT2D eigenvalue weighted by Gasteiger charge is -2.14. The Hall–Kier alpha value is -0.860. The molecule has 86 valence electrons. The normalized spacial score (nSPS) is 29.8. The first-order valence-corrected chi connectivity index (χ1v) is 6.50. The Morgan fingerprint density at radius 1 is 0.750 bits per heavy atom. The fraction of sp³-hybridized carbons (Fsp3) is 0.571. The molecule has 0 radical (unpaired) electrons. The van der Waals surface area contributed by atoms with Crippen molar-refractivity contribution in [2.75, 3.05) is 13.1 Å². The van der Waals surface area contributed by atoms with Gasteiger partial charge in [-0.05, 0) is 49.9 Å². The second-order valence-electron chi connectivity index (χ2n) is 4.96. The molecule has 0 spiro atoms. The first kappa shape index (κ1) is 10.3. The molecule has 2 unspecified atom stereocenters. The largest absolute Gasteiger partial charge is 0.310 e. The average molecular weight is 216 g/mol. The standard InChI is InChI=1S/C14H20N2/c1-3-13(15-9-1)11-5-7-12(8-6-11)14-4-2-10-16-14/h5-8,13-16H,1-4,9-10H2. The summed E-state index contributed by atoms with van der Waals surface area (Å²) in [5.41, 5.74) is 2.92. The highest BCUT2D eigenvalue weighted by Crippen LogP contribution is 2.27. The van der Waals surface area contributed by atoms with E-state index in [1.165, 1.54) is 49.9 Å². The molecule has 1 aromatic carbocycles. The Morgan fingerprint density at radius 2 is 1.19 bits per heavy atom. The number of benzene rings is 1. The van der Waals surface area contributed by atoms with E-state index in [2.05, 4.69) is 34.9 Å². The van der Waals surface area contributed by atoms with Crippen LogP contribution < -0.4 is 10.6 Å². The van der Waals surface area contributed by atoms with E-state index in [9.17, 15) is 0 Å². The molecule has 2 heteroatoms. The van der Waals surface area contributed by atoms with Gasteiger partial charge in [0.25, 0.3) is 0 Å². The SMILES string of the molecule is c1cc(C2CCCN2)ccc1C1CCCN1. The smallest absolute Gasteiger partial charge is 0.0320 e. The average Bonchev–Trinajstić information content (AvgIpc) is 3.03. The van der Waals surface area contributed by atoms with Crippen molar-refractivity contribution in [3.63, 3.8) is 0 Å². The molecule has 0 amide bonds. The second kappa shape index (κ2) is 4.56. The third-order valence-electron chi connectivity index (χ3n) is 3.86. The van der Waals surface area contributed by atoms with E-state index in [1.54, 1.807) is 0 Å². The van der Waals surface area contributed by atoms with Crippen LogP contribution in [0, 0.1) is 0 Å². The minimum Gasteiger partial charge on any atom is -0.310 e. The first-order valence-electron chi connectivity index (χ1n) is 6.50. The first-order chi connectivity index (χ1) is 7.93. The zero-order valence-corrected chi connectivity index (χ0v) is 9.71. The fourth-order valence-corrected chi connectivity index (χ4v) is 2.90. The van der Waals surface area contributed by atoms with Gasteiger partial charge in [0.1, 0.15) is 0 Å². The van der Waals surface area contributed by atoms with Crippen LogP contribution in [0.3, 0.4) is 0 Å². The Labute approximate surface area is 97.4 Å². The fourth-order valence-electron chi connectivity index (χ4n) is 2.90. The monoisotopic (exact) mass is 216 g/mol. The van der Waals surface area contributed by atoms with Crippen LogP contribution in [0.1, 0.15) is 48.9 Å². The van der Waals surface area contributed by atoms with Gasteiger partial charge in [-0.1, -0.05) is 24.3 Å². The van der Waals surface area contributed by atoms with Crippen molar-refractivity contribution in [3.8, 4) is 0 Å². The lowest BCUT2D eigenvalue weighted by atomic mass is 10.00. The predicted octanol–water partition coefficient (Wildman–Crippen LogP) is 2.54. The van der Waals surface area contributed by atoms with Gasteiger partial charge in [-0.2, -0.15) is 0 Å². The lowest BCUT2D eigenvalue weighted by Crippen LogP contribution is -2.14. The molecule has 2 atom stereocenters. The summed E-state index contributed by atoms with van der Waals surface area (Å²) in [5.74, 6) is 0. The molecular weight excluding hydrogens is 196 g/mol. The summed E-state index contributed by atoms with van der Waals surface area (Å²) in [7, 11) is 0. The van der Waals surface area contributed by atoms with E-state index < -0.39 is 0 Å². The quantitative estimate of drug-likeness (QED) is 0.794. The number of hydrogen-bond donors (Lipinski definition) is 2. The van der Waals surface area contributed by atoms with E-state index in [4.69, 9.17) is 0 Å². The summed E-state index contributed by atoms with van der Waals surface area (Å²) < 4.78 is 0. The number of nitrogens with one attached hydrogen (secondary N) is 2. The molecule has 0 saturated carbocycles. The van der Waals surface area contributed by atoms with Gasteiger partial charge in [0, 0.05) is 12.1 Å². The van der Waals surface area contributed by atoms with Crippen molar-refractivity contribution in [1.29, 1.82) is 0 Å². The van der Waals surface area contributed by atoms with Gasteiger partial charge in [-0.15, -0.1) is 0 Å². The van der Waals surface area contributed by atoms with Gasteiger partial charge < -0.3 is 10.6 Å². The minimum absolute atomic E-state index is 0.602. The van der Waals surface area contributed by atoms with Gasteiger partial charge >= 0.3 is 0 Å². The van der Waals surface area contributed by atoms with Crippen LogP contribution in [-0.2, 0) is 0 Å². The molecule has 2 saturated heterocycles. The lowest BCUT2D eigenvalue weighted by molar-refractivity contribution is 0.636. The maximum absolute atomic E-state index is 3.55.